The van der Waals surface area contributed by atoms with Crippen LogP contribution >= 0.6 is 11.6 Å². The maximum absolute atomic E-state index is 10.8. The zero-order valence-corrected chi connectivity index (χ0v) is 9.59. The fraction of sp³-hybridized carbons (Fsp3) is 0.250. The van der Waals surface area contributed by atoms with Crippen molar-refractivity contribution in [1.29, 1.82) is 0 Å². The Labute approximate surface area is 99.3 Å². The molecule has 16 heavy (non-hydrogen) atoms. The normalized spacial score (nSPS) is 14.7. The molecule has 2 unspecified atom stereocenters. The highest BCUT2D eigenvalue weighted by Crippen LogP contribution is 2.21. The molecule has 1 aromatic rings. The molecule has 0 saturated carbocycles. The number of esters is 1. The molecule has 0 fully saturated rings. The number of aliphatic hydroxyl groups is 1. The summed E-state index contributed by atoms with van der Waals surface area (Å²) in [5.41, 5.74) is 0.706. The average Bonchev–Trinajstić information content (AvgIpc) is 2.35. The van der Waals surface area contributed by atoms with Gasteiger partial charge in [0.1, 0.15) is 0 Å². The summed E-state index contributed by atoms with van der Waals surface area (Å²) in [6.45, 7) is 0. The Balaban J connectivity index is 2.64. The molecule has 0 bridgehead atoms. The quantitative estimate of drug-likeness (QED) is 0.498. The third-order valence-corrected chi connectivity index (χ3v) is 2.44. The summed E-state index contributed by atoms with van der Waals surface area (Å²) < 4.78 is 4.42. The zero-order chi connectivity index (χ0) is 12.0. The topological polar surface area (TPSA) is 46.5 Å². The van der Waals surface area contributed by atoms with E-state index >= 15 is 0 Å². The molecule has 3 nitrogen and oxygen atoms in total. The lowest BCUT2D eigenvalue weighted by molar-refractivity contribution is -0.134. The second-order valence-electron chi connectivity index (χ2n) is 3.18. The van der Waals surface area contributed by atoms with E-state index in [1.165, 1.54) is 19.3 Å². The van der Waals surface area contributed by atoms with Gasteiger partial charge in [-0.3, -0.25) is 0 Å². The van der Waals surface area contributed by atoms with Crippen molar-refractivity contribution < 1.29 is 14.6 Å². The minimum absolute atomic E-state index is 0.495. The van der Waals surface area contributed by atoms with Gasteiger partial charge in [0.2, 0.25) is 0 Å². The summed E-state index contributed by atoms with van der Waals surface area (Å²) in [6, 6.07) is 9.01. The molecule has 0 heterocycles. The molecule has 0 aromatic heterocycles. The van der Waals surface area contributed by atoms with E-state index in [1.807, 2.05) is 18.2 Å². The molecule has 0 saturated heterocycles. The van der Waals surface area contributed by atoms with Gasteiger partial charge in [-0.1, -0.05) is 36.4 Å². The summed E-state index contributed by atoms with van der Waals surface area (Å²) in [7, 11) is 1.28. The molecule has 0 amide bonds. The number of hydrogen-bond acceptors (Lipinski definition) is 3. The highest BCUT2D eigenvalue weighted by Gasteiger charge is 2.15. The first kappa shape index (κ1) is 12.7. The lowest BCUT2D eigenvalue weighted by atomic mass is 10.1. The molecular formula is C12H13ClO3. The number of halogens is 1. The number of aliphatic hydroxyl groups excluding tert-OH is 1. The molecule has 2 atom stereocenters. The number of methoxy groups -OCH3 is 1. The van der Waals surface area contributed by atoms with Gasteiger partial charge in [-0.2, -0.15) is 0 Å². The Bertz CT molecular complexity index is 362. The first-order chi connectivity index (χ1) is 7.65. The third-order valence-electron chi connectivity index (χ3n) is 2.06. The number of rotatable bonds is 4. The molecule has 4 heteroatoms. The molecule has 86 valence electrons. The van der Waals surface area contributed by atoms with E-state index in [-0.39, 0.29) is 0 Å². The lowest BCUT2D eigenvalue weighted by Crippen LogP contribution is -2.10. The van der Waals surface area contributed by atoms with Crippen LogP contribution in [-0.2, 0) is 9.53 Å². The van der Waals surface area contributed by atoms with Gasteiger partial charge < -0.3 is 9.84 Å². The Morgan fingerprint density at radius 1 is 1.44 bits per heavy atom. The number of carbonyl (C=O) groups is 1. The monoisotopic (exact) mass is 240 g/mol. The Morgan fingerprint density at radius 3 is 2.62 bits per heavy atom. The van der Waals surface area contributed by atoms with Gasteiger partial charge >= 0.3 is 5.97 Å². The van der Waals surface area contributed by atoms with E-state index in [0.29, 0.717) is 5.56 Å². The largest absolute Gasteiger partial charge is 0.466 e. The maximum atomic E-state index is 10.8. The second kappa shape index (κ2) is 6.30. The van der Waals surface area contributed by atoms with Crippen LogP contribution in [-0.4, -0.2) is 23.6 Å². The third kappa shape index (κ3) is 3.68. The van der Waals surface area contributed by atoms with Gasteiger partial charge in [0.15, 0.2) is 0 Å². The molecule has 0 aliphatic rings. The van der Waals surface area contributed by atoms with Crippen molar-refractivity contribution in [2.75, 3.05) is 7.11 Å². The maximum Gasteiger partial charge on any atom is 0.330 e. The van der Waals surface area contributed by atoms with Crippen LogP contribution in [0.4, 0.5) is 0 Å². The molecular weight excluding hydrogens is 228 g/mol. The fourth-order valence-electron chi connectivity index (χ4n) is 1.18. The van der Waals surface area contributed by atoms with Gasteiger partial charge in [-0.15, -0.1) is 11.6 Å². The summed E-state index contributed by atoms with van der Waals surface area (Å²) >= 11 is 5.92. The van der Waals surface area contributed by atoms with Gasteiger partial charge in [0, 0.05) is 6.08 Å². The summed E-state index contributed by atoms with van der Waals surface area (Å²) in [5, 5.41) is 9.17. The van der Waals surface area contributed by atoms with Crippen LogP contribution in [0.5, 0.6) is 0 Å². The number of carbonyl (C=O) groups excluding carboxylic acids is 1. The number of hydrogen-bond donors (Lipinski definition) is 1. The van der Waals surface area contributed by atoms with E-state index in [1.54, 1.807) is 12.1 Å². The Kier molecular flexibility index (Phi) is 5.02. The first-order valence-corrected chi connectivity index (χ1v) is 5.22. The Hall–Kier alpha value is -1.32. The summed E-state index contributed by atoms with van der Waals surface area (Å²) in [5.74, 6) is -0.495. The minimum atomic E-state index is -0.844. The number of ether oxygens (including phenoxy) is 1. The molecule has 0 spiro atoms. The molecule has 1 N–H and O–H groups in total. The van der Waals surface area contributed by atoms with Crippen molar-refractivity contribution in [3.8, 4) is 0 Å². The fourth-order valence-corrected chi connectivity index (χ4v) is 1.40. The van der Waals surface area contributed by atoms with E-state index in [2.05, 4.69) is 4.74 Å². The number of benzene rings is 1. The summed E-state index contributed by atoms with van der Waals surface area (Å²) in [4.78, 5) is 10.8. The van der Waals surface area contributed by atoms with Gasteiger partial charge in [-0.05, 0) is 5.56 Å². The lowest BCUT2D eigenvalue weighted by Gasteiger charge is -2.13. The highest BCUT2D eigenvalue weighted by molar-refractivity contribution is 6.22. The predicted octanol–water partition coefficient (Wildman–Crippen LogP) is 2.06. The van der Waals surface area contributed by atoms with Crippen LogP contribution in [0.3, 0.4) is 0 Å². The highest BCUT2D eigenvalue weighted by atomic mass is 35.5. The smallest absolute Gasteiger partial charge is 0.330 e. The van der Waals surface area contributed by atoms with Crippen LogP contribution in [0.25, 0.3) is 0 Å². The molecule has 0 aliphatic carbocycles. The van der Waals surface area contributed by atoms with Crippen molar-refractivity contribution in [1.82, 2.24) is 0 Å². The number of alkyl halides is 1. The van der Waals surface area contributed by atoms with Crippen molar-refractivity contribution >= 4 is 17.6 Å². The SMILES string of the molecule is COC(=O)/C=C/C(Cl)C(O)c1ccccc1. The van der Waals surface area contributed by atoms with Gasteiger partial charge in [0.25, 0.3) is 0 Å². The Morgan fingerprint density at radius 2 is 2.06 bits per heavy atom. The second-order valence-corrected chi connectivity index (χ2v) is 3.69. The van der Waals surface area contributed by atoms with E-state index < -0.39 is 17.5 Å². The standard InChI is InChI=1S/C12H13ClO3/c1-16-11(14)8-7-10(13)12(15)9-5-3-2-4-6-9/h2-8,10,12,15H,1H3/b8-7+. The van der Waals surface area contributed by atoms with Gasteiger partial charge in [0.05, 0.1) is 18.6 Å². The average molecular weight is 241 g/mol. The van der Waals surface area contributed by atoms with Crippen molar-refractivity contribution in [3.63, 3.8) is 0 Å². The van der Waals surface area contributed by atoms with Crippen molar-refractivity contribution in [2.45, 2.75) is 11.5 Å². The van der Waals surface area contributed by atoms with E-state index in [0.717, 1.165) is 0 Å². The van der Waals surface area contributed by atoms with Crippen molar-refractivity contribution in [3.05, 3.63) is 48.0 Å². The van der Waals surface area contributed by atoms with Crippen LogP contribution in [0.2, 0.25) is 0 Å². The molecule has 0 aliphatic heterocycles. The minimum Gasteiger partial charge on any atom is -0.466 e. The molecule has 1 aromatic carbocycles. The summed E-state index contributed by atoms with van der Waals surface area (Å²) in [6.07, 6.45) is 1.76. The van der Waals surface area contributed by atoms with Crippen molar-refractivity contribution in [2.24, 2.45) is 0 Å². The van der Waals surface area contributed by atoms with E-state index in [4.69, 9.17) is 11.6 Å². The molecule has 1 rings (SSSR count). The zero-order valence-electron chi connectivity index (χ0n) is 8.84. The molecule has 0 radical (unpaired) electrons. The van der Waals surface area contributed by atoms with Crippen LogP contribution in [0.15, 0.2) is 42.5 Å². The predicted molar refractivity (Wildman–Crippen MR) is 62.2 cm³/mol. The van der Waals surface area contributed by atoms with Crippen LogP contribution < -0.4 is 0 Å². The first-order valence-electron chi connectivity index (χ1n) is 4.78. The van der Waals surface area contributed by atoms with Crippen LogP contribution in [0.1, 0.15) is 11.7 Å². The van der Waals surface area contributed by atoms with Crippen LogP contribution in [0, 0.1) is 0 Å². The van der Waals surface area contributed by atoms with Gasteiger partial charge in [-0.25, -0.2) is 4.79 Å². The van der Waals surface area contributed by atoms with E-state index in [9.17, 15) is 9.90 Å².